The number of benzene rings is 1. The number of rotatable bonds is 4. The third-order valence-electron chi connectivity index (χ3n) is 7.13. The van der Waals surface area contributed by atoms with E-state index < -0.39 is 17.8 Å². The van der Waals surface area contributed by atoms with E-state index in [0.717, 1.165) is 43.6 Å². The molecule has 3 aliphatic rings. The monoisotopic (exact) mass is 438 g/mol. The van der Waals surface area contributed by atoms with Gasteiger partial charge >= 0.3 is 0 Å². The Kier molecular flexibility index (Phi) is 5.33. The molecule has 3 aliphatic heterocycles. The summed E-state index contributed by atoms with van der Waals surface area (Å²) in [5.41, 5.74) is 4.55. The van der Waals surface area contributed by atoms with Crippen molar-refractivity contribution in [3.8, 4) is 0 Å². The van der Waals surface area contributed by atoms with Gasteiger partial charge in [-0.3, -0.25) is 24.6 Å². The Bertz CT molecular complexity index is 1090. The Hall–Kier alpha value is -3.00. The standard InChI is InChI=1S/C24H27FN4O3/c1-14-4-7-26-20(14)13-28-8-5-15(6-9-28)17-10-16(25)11-18-19(17)12-29(24(18)32)21-2-3-22(30)27-23(21)31/h4,7,10-11,15,21,26H,2-3,5-6,8-9,12-13H2,1H3,(H,27,30,31). The second kappa shape index (κ2) is 8.16. The highest BCUT2D eigenvalue weighted by atomic mass is 19.1. The molecule has 0 aliphatic carbocycles. The Labute approximate surface area is 186 Å². The van der Waals surface area contributed by atoms with E-state index in [0.29, 0.717) is 12.0 Å². The lowest BCUT2D eigenvalue weighted by molar-refractivity contribution is -0.136. The molecule has 3 amide bonds. The van der Waals surface area contributed by atoms with Crippen molar-refractivity contribution in [3.63, 3.8) is 0 Å². The van der Waals surface area contributed by atoms with Crippen molar-refractivity contribution < 1.29 is 18.8 Å². The number of carbonyl (C=O) groups excluding carboxylic acids is 3. The van der Waals surface area contributed by atoms with E-state index in [2.05, 4.69) is 28.2 Å². The molecule has 0 radical (unpaired) electrons. The molecule has 7 nitrogen and oxygen atoms in total. The minimum Gasteiger partial charge on any atom is -0.364 e. The lowest BCUT2D eigenvalue weighted by atomic mass is 9.85. The van der Waals surface area contributed by atoms with Crippen LogP contribution in [0.25, 0.3) is 0 Å². The van der Waals surface area contributed by atoms with Crippen molar-refractivity contribution >= 4 is 17.7 Å². The molecule has 2 saturated heterocycles. The number of likely N-dealkylation sites (tertiary alicyclic amines) is 1. The molecule has 168 valence electrons. The van der Waals surface area contributed by atoms with Gasteiger partial charge in [0, 0.05) is 37.0 Å². The summed E-state index contributed by atoms with van der Waals surface area (Å²) in [7, 11) is 0. The second-order valence-corrected chi connectivity index (χ2v) is 9.11. The molecular weight excluding hydrogens is 411 g/mol. The predicted octanol–water partition coefficient (Wildman–Crippen LogP) is 2.60. The van der Waals surface area contributed by atoms with Gasteiger partial charge in [0.15, 0.2) is 0 Å². The third-order valence-corrected chi connectivity index (χ3v) is 7.13. The van der Waals surface area contributed by atoms with E-state index in [-0.39, 0.29) is 30.7 Å². The van der Waals surface area contributed by atoms with E-state index in [4.69, 9.17) is 0 Å². The van der Waals surface area contributed by atoms with Crippen LogP contribution in [0.2, 0.25) is 0 Å². The van der Waals surface area contributed by atoms with Crippen molar-refractivity contribution in [2.24, 2.45) is 0 Å². The van der Waals surface area contributed by atoms with E-state index in [9.17, 15) is 18.8 Å². The third kappa shape index (κ3) is 3.72. The molecular formula is C24H27FN4O3. The maximum absolute atomic E-state index is 14.5. The maximum Gasteiger partial charge on any atom is 0.255 e. The van der Waals surface area contributed by atoms with Gasteiger partial charge in [-0.1, -0.05) is 0 Å². The summed E-state index contributed by atoms with van der Waals surface area (Å²) in [6.07, 6.45) is 4.25. The van der Waals surface area contributed by atoms with Crippen LogP contribution in [0.4, 0.5) is 4.39 Å². The molecule has 8 heteroatoms. The van der Waals surface area contributed by atoms with E-state index in [1.54, 1.807) is 6.07 Å². The highest BCUT2D eigenvalue weighted by Gasteiger charge is 2.41. The van der Waals surface area contributed by atoms with Gasteiger partial charge in [-0.05, 0) is 80.1 Å². The first-order chi connectivity index (χ1) is 15.4. The average molecular weight is 439 g/mol. The van der Waals surface area contributed by atoms with Gasteiger partial charge in [-0.25, -0.2) is 4.39 Å². The van der Waals surface area contributed by atoms with Gasteiger partial charge in [-0.15, -0.1) is 0 Å². The number of aromatic amines is 1. The average Bonchev–Trinajstić information content (AvgIpc) is 3.31. The molecule has 0 saturated carbocycles. The van der Waals surface area contributed by atoms with Crippen molar-refractivity contribution in [1.82, 2.24) is 20.1 Å². The van der Waals surface area contributed by atoms with Crippen molar-refractivity contribution in [3.05, 3.63) is 58.2 Å². The lowest BCUT2D eigenvalue weighted by Crippen LogP contribution is -2.52. The van der Waals surface area contributed by atoms with Gasteiger partial charge in [-0.2, -0.15) is 0 Å². The van der Waals surface area contributed by atoms with Gasteiger partial charge < -0.3 is 9.88 Å². The summed E-state index contributed by atoms with van der Waals surface area (Å²) < 4.78 is 14.5. The number of imide groups is 1. The first kappa shape index (κ1) is 20.9. The molecule has 1 aromatic heterocycles. The fourth-order valence-corrected chi connectivity index (χ4v) is 5.30. The Morgan fingerprint density at radius 3 is 2.59 bits per heavy atom. The van der Waals surface area contributed by atoms with E-state index >= 15 is 0 Å². The summed E-state index contributed by atoms with van der Waals surface area (Å²) in [5.74, 6) is -1.33. The fraction of sp³-hybridized carbons (Fsp3) is 0.458. The second-order valence-electron chi connectivity index (χ2n) is 9.11. The number of H-pyrrole nitrogens is 1. The van der Waals surface area contributed by atoms with Crippen molar-refractivity contribution in [2.75, 3.05) is 13.1 Å². The van der Waals surface area contributed by atoms with Crippen LogP contribution in [0.15, 0.2) is 24.4 Å². The summed E-state index contributed by atoms with van der Waals surface area (Å²) in [5, 5.41) is 2.32. The predicted molar refractivity (Wildman–Crippen MR) is 115 cm³/mol. The molecule has 0 spiro atoms. The van der Waals surface area contributed by atoms with Crippen molar-refractivity contribution in [2.45, 2.75) is 57.7 Å². The molecule has 32 heavy (non-hydrogen) atoms. The van der Waals surface area contributed by atoms with Crippen LogP contribution in [0.3, 0.4) is 0 Å². The Morgan fingerprint density at radius 2 is 1.91 bits per heavy atom. The number of fused-ring (bicyclic) bond motifs is 1. The number of hydrogen-bond acceptors (Lipinski definition) is 4. The minimum absolute atomic E-state index is 0.176. The molecule has 1 aromatic carbocycles. The molecule has 1 unspecified atom stereocenters. The van der Waals surface area contributed by atoms with E-state index in [1.165, 1.54) is 22.2 Å². The number of halogens is 1. The van der Waals surface area contributed by atoms with E-state index in [1.807, 2.05) is 6.20 Å². The molecule has 2 N–H and O–H groups in total. The van der Waals surface area contributed by atoms with Gasteiger partial charge in [0.1, 0.15) is 11.9 Å². The van der Waals surface area contributed by atoms with Crippen LogP contribution in [-0.2, 0) is 22.7 Å². The zero-order valence-corrected chi connectivity index (χ0v) is 18.1. The zero-order valence-electron chi connectivity index (χ0n) is 18.1. The van der Waals surface area contributed by atoms with Gasteiger partial charge in [0.05, 0.1) is 0 Å². The van der Waals surface area contributed by atoms with Crippen LogP contribution in [0.5, 0.6) is 0 Å². The Morgan fingerprint density at radius 1 is 1.12 bits per heavy atom. The fourth-order valence-electron chi connectivity index (χ4n) is 5.30. The highest BCUT2D eigenvalue weighted by Crippen LogP contribution is 2.38. The first-order valence-electron chi connectivity index (χ1n) is 11.2. The molecule has 0 bridgehead atoms. The highest BCUT2D eigenvalue weighted by molar-refractivity contribution is 6.05. The number of aryl methyl sites for hydroxylation is 1. The lowest BCUT2D eigenvalue weighted by Gasteiger charge is -2.33. The number of amides is 3. The molecule has 2 aromatic rings. The largest absolute Gasteiger partial charge is 0.364 e. The number of nitrogens with zero attached hydrogens (tertiary/aromatic N) is 2. The molecule has 1 atom stereocenters. The Balaban J connectivity index is 1.33. The number of nitrogens with one attached hydrogen (secondary N) is 2. The van der Waals surface area contributed by atoms with Crippen LogP contribution in [0, 0.1) is 12.7 Å². The number of carbonyl (C=O) groups is 3. The van der Waals surface area contributed by atoms with Gasteiger partial charge in [0.2, 0.25) is 11.8 Å². The summed E-state index contributed by atoms with van der Waals surface area (Å²) in [6.45, 7) is 5.06. The number of aromatic nitrogens is 1. The minimum atomic E-state index is -0.686. The SMILES string of the molecule is Cc1cc[nH]c1CN1CCC(c2cc(F)cc3c2CN(C2CCC(=O)NC2=O)C3=O)CC1. The smallest absolute Gasteiger partial charge is 0.255 e. The molecule has 2 fully saturated rings. The zero-order chi connectivity index (χ0) is 22.4. The quantitative estimate of drug-likeness (QED) is 0.719. The van der Waals surface area contributed by atoms with Crippen LogP contribution in [-0.4, -0.2) is 51.6 Å². The molecule has 5 rings (SSSR count). The van der Waals surface area contributed by atoms with Crippen LogP contribution >= 0.6 is 0 Å². The van der Waals surface area contributed by atoms with Crippen LogP contribution in [0.1, 0.15) is 64.3 Å². The normalized spacial score (nSPS) is 22.4. The topological polar surface area (TPSA) is 85.5 Å². The number of piperidine rings is 2. The number of hydrogen-bond donors (Lipinski definition) is 2. The summed E-state index contributed by atoms with van der Waals surface area (Å²) >= 11 is 0. The summed E-state index contributed by atoms with van der Waals surface area (Å²) in [4.78, 5) is 44.1. The van der Waals surface area contributed by atoms with Gasteiger partial charge in [0.25, 0.3) is 5.91 Å². The maximum atomic E-state index is 14.5. The first-order valence-corrected chi connectivity index (χ1v) is 11.2. The summed E-state index contributed by atoms with van der Waals surface area (Å²) in [6, 6.07) is 4.24. The molecule has 4 heterocycles. The van der Waals surface area contributed by atoms with Crippen molar-refractivity contribution in [1.29, 1.82) is 0 Å². The van der Waals surface area contributed by atoms with Crippen LogP contribution < -0.4 is 5.32 Å².